The second kappa shape index (κ2) is 6.39. The molecule has 0 amide bonds. The highest BCUT2D eigenvalue weighted by molar-refractivity contribution is 5.79. The summed E-state index contributed by atoms with van der Waals surface area (Å²) in [7, 11) is 0. The first kappa shape index (κ1) is 13.9. The molecule has 15 heavy (non-hydrogen) atoms. The first-order chi connectivity index (χ1) is 6.95. The molecule has 0 aliphatic carbocycles. The minimum absolute atomic E-state index is 0.413. The van der Waals surface area contributed by atoms with E-state index in [1.807, 2.05) is 13.0 Å². The predicted molar refractivity (Wildman–Crippen MR) is 69.5 cm³/mol. The summed E-state index contributed by atoms with van der Waals surface area (Å²) in [6.45, 7) is 12.6. The fourth-order valence-electron chi connectivity index (χ4n) is 1.60. The molecule has 0 aromatic carbocycles. The van der Waals surface area contributed by atoms with Crippen molar-refractivity contribution >= 4 is 6.21 Å². The third-order valence-corrected chi connectivity index (χ3v) is 2.78. The lowest BCUT2D eigenvalue weighted by Crippen LogP contribution is -2.00. The molecule has 0 radical (unpaired) electrons. The molecule has 1 nitrogen and oxygen atoms in total. The lowest BCUT2D eigenvalue weighted by molar-refractivity contribution is 0.795. The van der Waals surface area contributed by atoms with Gasteiger partial charge in [-0.2, -0.15) is 0 Å². The monoisotopic (exact) mass is 205 g/mol. The maximum atomic E-state index is 7.43. The smallest absolute Gasteiger partial charge is 0.0215 e. The molecule has 0 bridgehead atoms. The molecule has 1 heteroatoms. The molecule has 0 unspecified atom stereocenters. The summed E-state index contributed by atoms with van der Waals surface area (Å²) in [5.41, 5.74) is 4.90. The highest BCUT2D eigenvalue weighted by Crippen LogP contribution is 2.22. The van der Waals surface area contributed by atoms with E-state index in [1.165, 1.54) is 22.9 Å². The first-order valence-electron chi connectivity index (χ1n) is 5.47. The highest BCUT2D eigenvalue weighted by atomic mass is 14.3. The average molecular weight is 205 g/mol. The van der Waals surface area contributed by atoms with E-state index in [2.05, 4.69) is 40.7 Å². The second-order valence-electron chi connectivity index (χ2n) is 4.19. The number of hydrogen-bond acceptors (Lipinski definition) is 1. The molecule has 0 aliphatic rings. The summed E-state index contributed by atoms with van der Waals surface area (Å²) in [6, 6.07) is 0. The van der Waals surface area contributed by atoms with Gasteiger partial charge in [0.2, 0.25) is 0 Å². The van der Waals surface area contributed by atoms with Crippen molar-refractivity contribution in [1.29, 1.82) is 5.41 Å². The summed E-state index contributed by atoms with van der Waals surface area (Å²) in [4.78, 5) is 0. The molecule has 0 heterocycles. The van der Waals surface area contributed by atoms with E-state index in [4.69, 9.17) is 5.41 Å². The third-order valence-electron chi connectivity index (χ3n) is 2.78. The van der Waals surface area contributed by atoms with Crippen LogP contribution in [0.4, 0.5) is 0 Å². The van der Waals surface area contributed by atoms with E-state index in [-0.39, 0.29) is 0 Å². The van der Waals surface area contributed by atoms with Crippen molar-refractivity contribution in [3.05, 3.63) is 34.4 Å². The van der Waals surface area contributed by atoms with Crippen molar-refractivity contribution in [2.24, 2.45) is 5.92 Å². The molecule has 0 rings (SSSR count). The largest absolute Gasteiger partial charge is 0.308 e. The van der Waals surface area contributed by atoms with Gasteiger partial charge in [-0.25, -0.2) is 0 Å². The van der Waals surface area contributed by atoms with Crippen LogP contribution in [0.2, 0.25) is 0 Å². The Balaban J connectivity index is 5.39. The van der Waals surface area contributed by atoms with Gasteiger partial charge in [0.25, 0.3) is 0 Å². The Morgan fingerprint density at radius 2 is 1.60 bits per heavy atom. The molecule has 84 valence electrons. The molecule has 1 N–H and O–H groups in total. The Labute approximate surface area is 94.1 Å². The zero-order valence-electron chi connectivity index (χ0n) is 10.8. The van der Waals surface area contributed by atoms with Crippen LogP contribution in [0, 0.1) is 11.3 Å². The van der Waals surface area contributed by atoms with Crippen LogP contribution in [0.5, 0.6) is 0 Å². The molecule has 0 aromatic rings. The van der Waals surface area contributed by atoms with Crippen molar-refractivity contribution < 1.29 is 0 Å². The Morgan fingerprint density at radius 1 is 1.07 bits per heavy atom. The molecule has 0 aromatic heterocycles. The van der Waals surface area contributed by atoms with Gasteiger partial charge in [0.1, 0.15) is 0 Å². The summed E-state index contributed by atoms with van der Waals surface area (Å²) < 4.78 is 0. The first-order valence-corrected chi connectivity index (χ1v) is 5.47. The van der Waals surface area contributed by atoms with Crippen molar-refractivity contribution in [2.45, 2.75) is 41.5 Å². The summed E-state index contributed by atoms with van der Waals surface area (Å²) >= 11 is 0. The van der Waals surface area contributed by atoms with Gasteiger partial charge in [-0.3, -0.25) is 0 Å². The fraction of sp³-hybridized carbons (Fsp3) is 0.500. The zero-order chi connectivity index (χ0) is 12.0. The molecule has 0 aliphatic heterocycles. The fourth-order valence-corrected chi connectivity index (χ4v) is 1.60. The van der Waals surface area contributed by atoms with Crippen molar-refractivity contribution in [1.82, 2.24) is 0 Å². The Kier molecular flexibility index (Phi) is 5.92. The standard InChI is InChI=1S/C14H23N/c1-7-8-11(4)12(5)13(6)14(9-15)10(2)3/h7-10,15H,1-6H3/b8-7+,12-11-,14-13-,15-9?. The molecular weight excluding hydrogens is 182 g/mol. The Hall–Kier alpha value is -1.11. The number of nitrogens with one attached hydrogen (secondary N) is 1. The second-order valence-corrected chi connectivity index (χ2v) is 4.19. The molecular formula is C14H23N. The van der Waals surface area contributed by atoms with E-state index in [1.54, 1.807) is 0 Å². The van der Waals surface area contributed by atoms with E-state index >= 15 is 0 Å². The average Bonchev–Trinajstić information content (AvgIpc) is 2.17. The summed E-state index contributed by atoms with van der Waals surface area (Å²) in [5, 5.41) is 7.43. The van der Waals surface area contributed by atoms with Crippen molar-refractivity contribution in [3.8, 4) is 0 Å². The summed E-state index contributed by atoms with van der Waals surface area (Å²) in [5.74, 6) is 0.413. The summed E-state index contributed by atoms with van der Waals surface area (Å²) in [6.07, 6.45) is 5.64. The topological polar surface area (TPSA) is 23.9 Å². The van der Waals surface area contributed by atoms with Crippen LogP contribution in [-0.2, 0) is 0 Å². The van der Waals surface area contributed by atoms with Crippen molar-refractivity contribution in [3.63, 3.8) is 0 Å². The number of hydrogen-bond donors (Lipinski definition) is 1. The van der Waals surface area contributed by atoms with Crippen LogP contribution in [0.15, 0.2) is 34.4 Å². The lowest BCUT2D eigenvalue weighted by Gasteiger charge is -2.13. The Bertz CT molecular complexity index is 314. The van der Waals surface area contributed by atoms with E-state index < -0.39 is 0 Å². The van der Waals surface area contributed by atoms with Gasteiger partial charge in [-0.05, 0) is 55.9 Å². The van der Waals surface area contributed by atoms with Crippen LogP contribution in [0.25, 0.3) is 0 Å². The van der Waals surface area contributed by atoms with Gasteiger partial charge < -0.3 is 5.41 Å². The minimum atomic E-state index is 0.413. The molecule has 0 atom stereocenters. The van der Waals surface area contributed by atoms with E-state index in [9.17, 15) is 0 Å². The quantitative estimate of drug-likeness (QED) is 0.515. The van der Waals surface area contributed by atoms with Crippen molar-refractivity contribution in [2.75, 3.05) is 0 Å². The lowest BCUT2D eigenvalue weighted by atomic mass is 9.93. The van der Waals surface area contributed by atoms with Gasteiger partial charge in [0, 0.05) is 6.21 Å². The molecule has 0 fully saturated rings. The molecule has 0 saturated carbocycles. The normalized spacial score (nSPS) is 15.4. The van der Waals surface area contributed by atoms with Gasteiger partial charge in [0.15, 0.2) is 0 Å². The number of allylic oxidation sites excluding steroid dienone is 6. The Morgan fingerprint density at radius 3 is 1.93 bits per heavy atom. The number of rotatable bonds is 4. The zero-order valence-corrected chi connectivity index (χ0v) is 10.8. The van der Waals surface area contributed by atoms with Crippen LogP contribution < -0.4 is 0 Å². The molecule has 0 saturated heterocycles. The van der Waals surface area contributed by atoms with Crippen LogP contribution >= 0.6 is 0 Å². The van der Waals surface area contributed by atoms with Crippen LogP contribution in [-0.4, -0.2) is 6.21 Å². The molecule has 0 spiro atoms. The van der Waals surface area contributed by atoms with Gasteiger partial charge in [0.05, 0.1) is 0 Å². The maximum absolute atomic E-state index is 7.43. The maximum Gasteiger partial charge on any atom is 0.0215 e. The minimum Gasteiger partial charge on any atom is -0.308 e. The van der Waals surface area contributed by atoms with Gasteiger partial charge in [-0.15, -0.1) is 0 Å². The van der Waals surface area contributed by atoms with Crippen LogP contribution in [0.3, 0.4) is 0 Å². The highest BCUT2D eigenvalue weighted by Gasteiger charge is 2.07. The van der Waals surface area contributed by atoms with E-state index in [0.29, 0.717) is 5.92 Å². The van der Waals surface area contributed by atoms with Gasteiger partial charge in [-0.1, -0.05) is 26.0 Å². The predicted octanol–water partition coefficient (Wildman–Crippen LogP) is 4.52. The van der Waals surface area contributed by atoms with E-state index in [0.717, 1.165) is 5.57 Å². The van der Waals surface area contributed by atoms with Crippen LogP contribution in [0.1, 0.15) is 41.5 Å². The van der Waals surface area contributed by atoms with Gasteiger partial charge >= 0.3 is 0 Å². The SMILES string of the molecule is C/C=C/C(C)=C(C)\C(C)=C(\C=N)C(C)C. The third kappa shape index (κ3) is 3.86.